The molecule has 1 radical (unpaired) electrons. The van der Waals surface area contributed by atoms with Gasteiger partial charge in [0.2, 0.25) is 0 Å². The van der Waals surface area contributed by atoms with E-state index >= 15 is 0 Å². The average Bonchev–Trinajstić information content (AvgIpc) is 2.64. The maximum absolute atomic E-state index is 11.5. The largest absolute Gasteiger partial charge is 3.00 e. The molecule has 0 saturated heterocycles. The molecule has 0 heterocycles. The van der Waals surface area contributed by atoms with E-state index in [4.69, 9.17) is 0 Å². The van der Waals surface area contributed by atoms with Crippen molar-refractivity contribution in [3.05, 3.63) is 20.8 Å². The summed E-state index contributed by atoms with van der Waals surface area (Å²) in [6, 6.07) is 0. The molecule has 6 nitrogen and oxygen atoms in total. The zero-order valence-corrected chi connectivity index (χ0v) is 29.4. The molecule has 0 aromatic heterocycles. The van der Waals surface area contributed by atoms with Crippen LogP contribution in [0.5, 0.6) is 0 Å². The van der Waals surface area contributed by atoms with Gasteiger partial charge in [-0.2, -0.15) is 0 Å². The molecule has 0 fully saturated rings. The van der Waals surface area contributed by atoms with Gasteiger partial charge in [0.25, 0.3) is 0 Å². The maximum atomic E-state index is 11.5. The Morgan fingerprint density at radius 3 is 0.550 bits per heavy atom. The van der Waals surface area contributed by atoms with Crippen LogP contribution in [0.15, 0.2) is 0 Å². The molecular weight excluding hydrogens is 544 g/mol. The van der Waals surface area contributed by atoms with Crippen LogP contribution < -0.4 is 0 Å². The summed E-state index contributed by atoms with van der Waals surface area (Å²) in [6.45, 7) is 37.8. The Morgan fingerprint density at radius 2 is 0.475 bits per heavy atom. The van der Waals surface area contributed by atoms with E-state index in [9.17, 15) is 28.8 Å². The summed E-state index contributed by atoms with van der Waals surface area (Å²) in [5.41, 5.74) is -3.24. The third-order valence-corrected chi connectivity index (χ3v) is 5.74. The van der Waals surface area contributed by atoms with Crippen LogP contribution in [0.1, 0.15) is 123 Å². The van der Waals surface area contributed by atoms with Gasteiger partial charge in [-0.1, -0.05) is 104 Å². The third kappa shape index (κ3) is 21.3. The Balaban J connectivity index is -0.000000240. The Morgan fingerprint density at radius 1 is 0.350 bits per heavy atom. The molecule has 0 N–H and O–H groups in total. The van der Waals surface area contributed by atoms with Gasteiger partial charge >= 0.3 is 17.4 Å². The van der Waals surface area contributed by atoms with Crippen molar-refractivity contribution in [1.29, 1.82) is 0 Å². The van der Waals surface area contributed by atoms with Crippen LogP contribution in [0.4, 0.5) is 0 Å². The first-order valence-electron chi connectivity index (χ1n) is 13.4. The van der Waals surface area contributed by atoms with E-state index in [2.05, 4.69) is 20.8 Å². The summed E-state index contributed by atoms with van der Waals surface area (Å²) in [7, 11) is 0. The van der Waals surface area contributed by atoms with Gasteiger partial charge in [-0.3, -0.25) is 14.4 Å². The zero-order valence-electron chi connectivity index (χ0n) is 28.1. The van der Waals surface area contributed by atoms with Gasteiger partial charge in [0.1, 0.15) is 34.7 Å². The minimum Gasteiger partial charge on any atom is -0.331 e. The number of carbonyl (C=O) groups is 6. The van der Waals surface area contributed by atoms with E-state index in [1.54, 1.807) is 41.5 Å². The van der Waals surface area contributed by atoms with Crippen molar-refractivity contribution < 1.29 is 46.1 Å². The third-order valence-electron chi connectivity index (χ3n) is 5.74. The zero-order chi connectivity index (χ0) is 32.6. The fraction of sp³-hybridized carbons (Fsp3) is 0.727. The van der Waals surface area contributed by atoms with Crippen molar-refractivity contribution in [2.24, 2.45) is 32.5 Å². The summed E-state index contributed by atoms with van der Waals surface area (Å²) in [5.74, 6) is -0.329. The van der Waals surface area contributed by atoms with E-state index in [1.165, 1.54) is 0 Å². The predicted molar refractivity (Wildman–Crippen MR) is 160 cm³/mol. The van der Waals surface area contributed by atoms with Crippen molar-refractivity contribution >= 4 is 34.7 Å². The number of rotatable bonds is 9. The molecule has 0 aliphatic heterocycles. The van der Waals surface area contributed by atoms with Crippen LogP contribution in [0, 0.1) is 53.3 Å². The molecule has 0 aliphatic rings. The fourth-order valence-corrected chi connectivity index (χ4v) is 1.95. The Labute approximate surface area is 256 Å². The van der Waals surface area contributed by atoms with Crippen molar-refractivity contribution in [3.8, 4) is 0 Å². The second-order valence-electron chi connectivity index (χ2n) is 15.5. The summed E-state index contributed by atoms with van der Waals surface area (Å²) in [4.78, 5) is 68.7. The van der Waals surface area contributed by atoms with Gasteiger partial charge in [0.05, 0.1) is 19.3 Å². The van der Waals surface area contributed by atoms with Gasteiger partial charge in [0.15, 0.2) is 0 Å². The number of carbonyl (C=O) groups excluding carboxylic acids is 6. The van der Waals surface area contributed by atoms with Crippen molar-refractivity contribution in [3.63, 3.8) is 0 Å². The number of hydrogen-bond donors (Lipinski definition) is 0. The van der Waals surface area contributed by atoms with Gasteiger partial charge < -0.3 is 35.2 Å². The molecule has 0 aromatic rings. The molecule has 0 atom stereocenters. The molecule has 40 heavy (non-hydrogen) atoms. The summed E-state index contributed by atoms with van der Waals surface area (Å²) in [6.07, 6.45) is -0.000000000000000666. The van der Waals surface area contributed by atoms with Gasteiger partial charge in [-0.15, -0.1) is 16.2 Å². The normalized spacial score (nSPS) is 12.4. The monoisotopic (exact) mass is 601 g/mol. The predicted octanol–water partition coefficient (Wildman–Crippen LogP) is 7.26. The Bertz CT molecular complexity index is 693. The second kappa shape index (κ2) is 16.3. The summed E-state index contributed by atoms with van der Waals surface area (Å²) < 4.78 is 0. The van der Waals surface area contributed by atoms with Crippen molar-refractivity contribution in [1.82, 2.24) is 0 Å². The number of hydrogen-bond acceptors (Lipinski definition) is 6. The van der Waals surface area contributed by atoms with Crippen LogP contribution in [0.2, 0.25) is 0 Å². The number of Topliss-reactive ketones (excluding diaryl/α,β-unsaturated/α-hetero) is 6. The molecule has 0 rings (SSSR count). The van der Waals surface area contributed by atoms with Crippen LogP contribution in [-0.4, -0.2) is 34.7 Å². The SMILES string of the molecule is [CH2-]C(C)(C)C(=O)CC(=O)C(C)(C)C.[CH2-]C(C)(C)C(=O)CC(=O)C(C)(C)C.[CH2-]C(C)(C)C(=O)CC(=O)C(C)(C)C.[Cr+3]. The van der Waals surface area contributed by atoms with E-state index < -0.39 is 32.5 Å². The average molecular weight is 602 g/mol. The van der Waals surface area contributed by atoms with E-state index in [1.807, 2.05) is 62.3 Å². The molecular formula is C33H57CrO6. The van der Waals surface area contributed by atoms with Gasteiger partial charge in [0, 0.05) is 16.2 Å². The molecule has 0 unspecified atom stereocenters. The fourth-order valence-electron chi connectivity index (χ4n) is 1.95. The van der Waals surface area contributed by atoms with Crippen LogP contribution in [0.25, 0.3) is 0 Å². The Hall–Kier alpha value is -1.45. The van der Waals surface area contributed by atoms with Gasteiger partial charge in [-0.25, -0.2) is 0 Å². The number of ketones is 6. The van der Waals surface area contributed by atoms with Crippen molar-refractivity contribution in [2.45, 2.75) is 123 Å². The molecule has 0 spiro atoms. The quantitative estimate of drug-likeness (QED) is 0.204. The summed E-state index contributed by atoms with van der Waals surface area (Å²) >= 11 is 0. The molecule has 0 aliphatic carbocycles. The van der Waals surface area contributed by atoms with E-state index in [0.29, 0.717) is 0 Å². The second-order valence-corrected chi connectivity index (χ2v) is 15.5. The summed E-state index contributed by atoms with van der Waals surface area (Å²) in [5, 5.41) is 0. The minimum absolute atomic E-state index is 0. The molecule has 0 saturated carbocycles. The minimum atomic E-state index is -0.652. The Kier molecular flexibility index (Phi) is 18.5. The topological polar surface area (TPSA) is 102 Å². The molecule has 0 aromatic carbocycles. The molecule has 7 heteroatoms. The van der Waals surface area contributed by atoms with E-state index in [-0.39, 0.29) is 71.3 Å². The first kappa shape index (κ1) is 45.5. The molecule has 0 amide bonds. The van der Waals surface area contributed by atoms with Crippen LogP contribution in [0.3, 0.4) is 0 Å². The first-order chi connectivity index (χ1) is 16.6. The van der Waals surface area contributed by atoms with Crippen LogP contribution in [-0.2, 0) is 46.1 Å². The van der Waals surface area contributed by atoms with Crippen molar-refractivity contribution in [2.75, 3.05) is 0 Å². The maximum Gasteiger partial charge on any atom is 3.00 e. The van der Waals surface area contributed by atoms with Crippen LogP contribution >= 0.6 is 0 Å². The van der Waals surface area contributed by atoms with Gasteiger partial charge in [-0.05, 0) is 0 Å². The first-order valence-corrected chi connectivity index (χ1v) is 13.4. The standard InChI is InChI=1S/3C11H19O2.Cr/c3*1-10(2,3)8(12)7-9(13)11(4,5)6;/h3*1,7H2,2-6H3;/q3*-1;+3. The molecule has 231 valence electrons. The van der Waals surface area contributed by atoms with E-state index in [0.717, 1.165) is 0 Å². The smallest absolute Gasteiger partial charge is 0.331 e. The molecule has 0 bridgehead atoms.